The first-order chi connectivity index (χ1) is 11.9. The van der Waals surface area contributed by atoms with Crippen molar-refractivity contribution in [2.75, 3.05) is 18.6 Å². The van der Waals surface area contributed by atoms with Gasteiger partial charge in [0.1, 0.15) is 11.7 Å². The van der Waals surface area contributed by atoms with Crippen LogP contribution in [0.4, 0.5) is 14.5 Å². The van der Waals surface area contributed by atoms with E-state index in [4.69, 9.17) is 10.1 Å². The van der Waals surface area contributed by atoms with E-state index in [0.29, 0.717) is 35.5 Å². The second-order valence-electron chi connectivity index (χ2n) is 5.99. The highest BCUT2D eigenvalue weighted by Crippen LogP contribution is 2.38. The first-order valence-electron chi connectivity index (χ1n) is 7.92. The Kier molecular flexibility index (Phi) is 4.53. The molecular weight excluding hydrogens is 326 g/mol. The summed E-state index contributed by atoms with van der Waals surface area (Å²) in [5.74, 6) is -1.08. The van der Waals surface area contributed by atoms with Crippen LogP contribution in [0, 0.1) is 24.0 Å². The van der Waals surface area contributed by atoms with Gasteiger partial charge in [0, 0.05) is 30.2 Å². The third kappa shape index (κ3) is 3.12. The Morgan fingerprint density at radius 3 is 2.64 bits per heavy atom. The monoisotopic (exact) mass is 344 g/mol. The summed E-state index contributed by atoms with van der Waals surface area (Å²) in [6.07, 6.45) is 0.761. The van der Waals surface area contributed by atoms with E-state index < -0.39 is 11.6 Å². The van der Waals surface area contributed by atoms with Crippen molar-refractivity contribution >= 4 is 17.3 Å². The first kappa shape index (κ1) is 17.1. The molecule has 0 spiro atoms. The number of hydrogen-bond donors (Lipinski definition) is 1. The van der Waals surface area contributed by atoms with Crippen molar-refractivity contribution < 1.29 is 18.3 Å². The summed E-state index contributed by atoms with van der Waals surface area (Å²) >= 11 is 0. The predicted octanol–water partition coefficient (Wildman–Crippen LogP) is 4.10. The number of Topliss-reactive ketones (excluding diaryl/α,β-unsaturated/α-hetero) is 1. The summed E-state index contributed by atoms with van der Waals surface area (Å²) in [6, 6.07) is 7.28. The van der Waals surface area contributed by atoms with Crippen LogP contribution in [0.25, 0.3) is 11.1 Å². The van der Waals surface area contributed by atoms with Gasteiger partial charge in [-0.1, -0.05) is 12.1 Å². The zero-order valence-corrected chi connectivity index (χ0v) is 14.0. The number of halogens is 2. The zero-order chi connectivity index (χ0) is 18.1. The van der Waals surface area contributed by atoms with Crippen molar-refractivity contribution in [2.24, 2.45) is 0 Å². The lowest BCUT2D eigenvalue weighted by molar-refractivity contribution is -0.117. The molecule has 2 aromatic rings. The van der Waals surface area contributed by atoms with E-state index in [0.717, 1.165) is 11.6 Å². The highest BCUT2D eigenvalue weighted by atomic mass is 19.1. The quantitative estimate of drug-likeness (QED) is 0.912. The molecule has 0 saturated carbocycles. The van der Waals surface area contributed by atoms with E-state index >= 15 is 0 Å². The molecule has 0 aliphatic carbocycles. The van der Waals surface area contributed by atoms with Gasteiger partial charge in [-0.05, 0) is 30.2 Å². The lowest BCUT2D eigenvalue weighted by atomic mass is 9.96. The molecule has 2 aromatic carbocycles. The fraction of sp³-hybridized carbons (Fsp3) is 0.263. The minimum Gasteiger partial charge on any atom is -0.493 e. The van der Waals surface area contributed by atoms with Crippen LogP contribution in [0.3, 0.4) is 0 Å². The number of piperidine rings is 1. The van der Waals surface area contributed by atoms with Crippen molar-refractivity contribution in [2.45, 2.75) is 19.8 Å². The summed E-state index contributed by atoms with van der Waals surface area (Å²) in [7, 11) is 1.33. The van der Waals surface area contributed by atoms with Gasteiger partial charge in [-0.3, -0.25) is 10.2 Å². The number of ketones is 1. The molecular formula is C19H18F2N2O2. The smallest absolute Gasteiger partial charge is 0.168 e. The number of carbonyl (C=O) groups excluding carboxylic acids is 1. The number of carbonyl (C=O) groups is 1. The number of hydrogen-bond acceptors (Lipinski definition) is 3. The normalized spacial score (nSPS) is 14.8. The van der Waals surface area contributed by atoms with E-state index in [2.05, 4.69) is 0 Å². The Hall–Kier alpha value is -2.76. The molecule has 0 atom stereocenters. The maximum absolute atomic E-state index is 14.0. The Labute approximate surface area is 144 Å². The molecule has 0 unspecified atom stereocenters. The maximum Gasteiger partial charge on any atom is 0.168 e. The standard InChI is InChI=1S/C19H18F2N2O2/c1-11-14(15-8-12(20)9-16(21)19(15)25-2)4-3-5-17(11)23-10-13(24)6-7-18(23)22/h3-5,8-9,22H,6-7,10H2,1-2H3. The van der Waals surface area contributed by atoms with E-state index in [1.807, 2.05) is 0 Å². The molecule has 0 bridgehead atoms. The lowest BCUT2D eigenvalue weighted by Crippen LogP contribution is -2.40. The Morgan fingerprint density at radius 2 is 1.92 bits per heavy atom. The van der Waals surface area contributed by atoms with Crippen LogP contribution in [0.2, 0.25) is 0 Å². The van der Waals surface area contributed by atoms with Gasteiger partial charge in [0.05, 0.1) is 13.7 Å². The molecule has 25 heavy (non-hydrogen) atoms. The fourth-order valence-corrected chi connectivity index (χ4v) is 3.15. The van der Waals surface area contributed by atoms with Crippen molar-refractivity contribution in [3.63, 3.8) is 0 Å². The number of nitrogens with zero attached hydrogens (tertiary/aromatic N) is 1. The molecule has 0 radical (unpaired) electrons. The van der Waals surface area contributed by atoms with Gasteiger partial charge in [0.25, 0.3) is 0 Å². The number of ether oxygens (including phenoxy) is 1. The van der Waals surface area contributed by atoms with Crippen molar-refractivity contribution in [1.29, 1.82) is 5.41 Å². The second-order valence-corrected chi connectivity index (χ2v) is 5.99. The SMILES string of the molecule is COc1c(F)cc(F)cc1-c1cccc(N2CC(=O)CCC2=N)c1C. The lowest BCUT2D eigenvalue weighted by Gasteiger charge is -2.30. The Morgan fingerprint density at radius 1 is 1.16 bits per heavy atom. The van der Waals surface area contributed by atoms with Crippen LogP contribution in [0.5, 0.6) is 5.75 Å². The van der Waals surface area contributed by atoms with Gasteiger partial charge in [-0.25, -0.2) is 8.78 Å². The summed E-state index contributed by atoms with van der Waals surface area (Å²) < 4.78 is 32.9. The van der Waals surface area contributed by atoms with E-state index in [-0.39, 0.29) is 18.1 Å². The van der Waals surface area contributed by atoms with Gasteiger partial charge in [-0.2, -0.15) is 0 Å². The molecule has 6 heteroatoms. The van der Waals surface area contributed by atoms with Crippen LogP contribution in [0.15, 0.2) is 30.3 Å². The Balaban J connectivity index is 2.15. The molecule has 1 fully saturated rings. The van der Waals surface area contributed by atoms with Gasteiger partial charge >= 0.3 is 0 Å². The minimum absolute atomic E-state index is 0.0357. The number of nitrogens with one attached hydrogen (secondary N) is 1. The minimum atomic E-state index is -0.775. The summed E-state index contributed by atoms with van der Waals surface area (Å²) in [5, 5.41) is 8.12. The fourth-order valence-electron chi connectivity index (χ4n) is 3.15. The average Bonchev–Trinajstić information content (AvgIpc) is 2.57. The van der Waals surface area contributed by atoms with Gasteiger partial charge in [-0.15, -0.1) is 0 Å². The largest absolute Gasteiger partial charge is 0.493 e. The summed E-state index contributed by atoms with van der Waals surface area (Å²) in [6.45, 7) is 1.94. The second kappa shape index (κ2) is 6.63. The van der Waals surface area contributed by atoms with Gasteiger partial charge < -0.3 is 9.64 Å². The molecule has 4 nitrogen and oxygen atoms in total. The van der Waals surface area contributed by atoms with Crippen LogP contribution in [-0.2, 0) is 4.79 Å². The van der Waals surface area contributed by atoms with Crippen molar-refractivity contribution in [3.8, 4) is 16.9 Å². The number of methoxy groups -OCH3 is 1. The van der Waals surface area contributed by atoms with Gasteiger partial charge in [0.15, 0.2) is 17.3 Å². The van der Waals surface area contributed by atoms with Crippen LogP contribution < -0.4 is 9.64 Å². The third-order valence-corrected chi connectivity index (χ3v) is 4.40. The Bertz CT molecular complexity index is 865. The number of amidine groups is 1. The molecule has 0 amide bonds. The molecule has 1 aliphatic rings. The maximum atomic E-state index is 14.0. The van der Waals surface area contributed by atoms with E-state index in [1.54, 1.807) is 30.0 Å². The molecule has 130 valence electrons. The molecule has 1 aliphatic heterocycles. The van der Waals surface area contributed by atoms with Gasteiger partial charge in [0.2, 0.25) is 0 Å². The molecule has 3 rings (SSSR count). The number of anilines is 1. The van der Waals surface area contributed by atoms with Crippen LogP contribution in [0.1, 0.15) is 18.4 Å². The van der Waals surface area contributed by atoms with E-state index in [9.17, 15) is 13.6 Å². The summed E-state index contributed by atoms with van der Waals surface area (Å²) in [5.41, 5.74) is 2.31. The van der Waals surface area contributed by atoms with Crippen LogP contribution >= 0.6 is 0 Å². The first-order valence-corrected chi connectivity index (χ1v) is 7.92. The third-order valence-electron chi connectivity index (χ3n) is 4.40. The number of rotatable bonds is 3. The molecule has 1 saturated heterocycles. The molecule has 0 aromatic heterocycles. The van der Waals surface area contributed by atoms with Crippen molar-refractivity contribution in [3.05, 3.63) is 47.5 Å². The van der Waals surface area contributed by atoms with Crippen molar-refractivity contribution in [1.82, 2.24) is 0 Å². The highest BCUT2D eigenvalue weighted by Gasteiger charge is 2.25. The average molecular weight is 344 g/mol. The topological polar surface area (TPSA) is 53.4 Å². The molecule has 1 heterocycles. The van der Waals surface area contributed by atoms with Crippen LogP contribution in [-0.4, -0.2) is 25.3 Å². The zero-order valence-electron chi connectivity index (χ0n) is 14.0. The predicted molar refractivity (Wildman–Crippen MR) is 92.4 cm³/mol. The molecule has 1 N–H and O–H groups in total. The van der Waals surface area contributed by atoms with E-state index in [1.165, 1.54) is 13.2 Å². The number of benzene rings is 2. The highest BCUT2D eigenvalue weighted by molar-refractivity contribution is 6.06. The summed E-state index contributed by atoms with van der Waals surface area (Å²) in [4.78, 5) is 13.4.